The summed E-state index contributed by atoms with van der Waals surface area (Å²) in [6, 6.07) is 12.4. The van der Waals surface area contributed by atoms with Crippen molar-refractivity contribution in [1.29, 1.82) is 0 Å². The molecule has 0 saturated heterocycles. The molecular formula is C16H11ClN2O2. The smallest absolute Gasteiger partial charge is 0.336 e. The highest BCUT2D eigenvalue weighted by Crippen LogP contribution is 2.18. The van der Waals surface area contributed by atoms with Gasteiger partial charge in [-0.2, -0.15) is 0 Å². The largest absolute Gasteiger partial charge is 0.423 e. The lowest BCUT2D eigenvalue weighted by molar-refractivity contribution is -0.128. The van der Waals surface area contributed by atoms with Crippen LogP contribution in [0, 0.1) is 0 Å². The molecule has 0 aliphatic carbocycles. The van der Waals surface area contributed by atoms with Gasteiger partial charge in [0.25, 0.3) is 0 Å². The van der Waals surface area contributed by atoms with Crippen molar-refractivity contribution in [2.45, 2.75) is 0 Å². The molecule has 0 bridgehead atoms. The Morgan fingerprint density at radius 2 is 2.00 bits per heavy atom. The van der Waals surface area contributed by atoms with E-state index < -0.39 is 5.97 Å². The van der Waals surface area contributed by atoms with Crippen molar-refractivity contribution in [1.82, 2.24) is 9.97 Å². The molecule has 2 aromatic carbocycles. The molecule has 0 radical (unpaired) electrons. The van der Waals surface area contributed by atoms with E-state index >= 15 is 0 Å². The average Bonchev–Trinajstić information content (AvgIpc) is 2.94. The van der Waals surface area contributed by atoms with Crippen molar-refractivity contribution in [3.63, 3.8) is 0 Å². The fourth-order valence-electron chi connectivity index (χ4n) is 1.87. The molecule has 21 heavy (non-hydrogen) atoms. The van der Waals surface area contributed by atoms with Crippen LogP contribution in [0.2, 0.25) is 5.02 Å². The van der Waals surface area contributed by atoms with Crippen molar-refractivity contribution in [2.24, 2.45) is 0 Å². The predicted octanol–water partition coefficient (Wildman–Crippen LogP) is 3.84. The molecule has 0 amide bonds. The van der Waals surface area contributed by atoms with E-state index in [0.717, 1.165) is 16.6 Å². The minimum atomic E-state index is -0.441. The molecule has 1 N–H and O–H groups in total. The highest BCUT2D eigenvalue weighted by Gasteiger charge is 2.03. The van der Waals surface area contributed by atoms with Gasteiger partial charge in [-0.3, -0.25) is 0 Å². The topological polar surface area (TPSA) is 55.0 Å². The van der Waals surface area contributed by atoms with E-state index in [2.05, 4.69) is 9.97 Å². The summed E-state index contributed by atoms with van der Waals surface area (Å²) < 4.78 is 5.24. The van der Waals surface area contributed by atoms with E-state index in [-0.39, 0.29) is 0 Å². The van der Waals surface area contributed by atoms with Gasteiger partial charge in [0.2, 0.25) is 0 Å². The van der Waals surface area contributed by atoms with Gasteiger partial charge in [-0.15, -0.1) is 0 Å². The lowest BCUT2D eigenvalue weighted by Crippen LogP contribution is -2.03. The summed E-state index contributed by atoms with van der Waals surface area (Å²) in [5.41, 5.74) is 2.52. The van der Waals surface area contributed by atoms with E-state index in [0.29, 0.717) is 10.8 Å². The summed E-state index contributed by atoms with van der Waals surface area (Å²) in [4.78, 5) is 18.8. The first-order chi connectivity index (χ1) is 10.2. The van der Waals surface area contributed by atoms with Crippen molar-refractivity contribution in [2.75, 3.05) is 0 Å². The number of carbonyl (C=O) groups is 1. The molecule has 0 aliphatic rings. The third-order valence-corrected chi connectivity index (χ3v) is 3.14. The van der Waals surface area contributed by atoms with Gasteiger partial charge in [-0.25, -0.2) is 9.78 Å². The third kappa shape index (κ3) is 3.30. The number of nitrogens with zero attached hydrogens (tertiary/aromatic N) is 1. The predicted molar refractivity (Wildman–Crippen MR) is 82.2 cm³/mol. The first-order valence-corrected chi connectivity index (χ1v) is 6.67. The number of H-pyrrole nitrogens is 1. The molecule has 0 atom stereocenters. The molecule has 0 saturated carbocycles. The Kier molecular flexibility index (Phi) is 3.71. The van der Waals surface area contributed by atoms with Crippen LogP contribution in [0.1, 0.15) is 5.56 Å². The zero-order chi connectivity index (χ0) is 14.7. The van der Waals surface area contributed by atoms with Crippen LogP contribution in [0.3, 0.4) is 0 Å². The monoisotopic (exact) mass is 298 g/mol. The zero-order valence-electron chi connectivity index (χ0n) is 10.9. The van der Waals surface area contributed by atoms with Crippen LogP contribution in [0.4, 0.5) is 0 Å². The van der Waals surface area contributed by atoms with E-state index in [1.165, 1.54) is 6.08 Å². The molecule has 4 nitrogen and oxygen atoms in total. The molecule has 104 valence electrons. The quantitative estimate of drug-likeness (QED) is 0.454. The average molecular weight is 299 g/mol. The van der Waals surface area contributed by atoms with Crippen molar-refractivity contribution < 1.29 is 9.53 Å². The molecule has 1 heterocycles. The maximum atomic E-state index is 11.8. The number of imidazole rings is 1. The Balaban J connectivity index is 1.69. The molecule has 0 aliphatic heterocycles. The van der Waals surface area contributed by atoms with Gasteiger partial charge in [0.1, 0.15) is 5.75 Å². The maximum absolute atomic E-state index is 11.8. The number of rotatable bonds is 3. The number of hydrogen-bond donors (Lipinski definition) is 1. The summed E-state index contributed by atoms with van der Waals surface area (Å²) in [5.74, 6) is 0.0290. The summed E-state index contributed by atoms with van der Waals surface area (Å²) in [6.07, 6.45) is 4.64. The number of halogens is 1. The Morgan fingerprint density at radius 1 is 1.19 bits per heavy atom. The summed E-state index contributed by atoms with van der Waals surface area (Å²) in [5, 5.41) is 0.655. The fraction of sp³-hybridized carbons (Fsp3) is 0. The van der Waals surface area contributed by atoms with Gasteiger partial charge in [-0.1, -0.05) is 23.7 Å². The van der Waals surface area contributed by atoms with Gasteiger partial charge >= 0.3 is 5.97 Å². The van der Waals surface area contributed by atoms with Crippen LogP contribution in [0.15, 0.2) is 54.9 Å². The first kappa shape index (κ1) is 13.4. The second-order valence-electron chi connectivity index (χ2n) is 4.39. The molecule has 0 unspecified atom stereocenters. The van der Waals surface area contributed by atoms with Gasteiger partial charge in [0.15, 0.2) is 0 Å². The molecule has 0 spiro atoms. The Morgan fingerprint density at radius 3 is 2.81 bits per heavy atom. The molecule has 3 rings (SSSR count). The van der Waals surface area contributed by atoms with Crippen LogP contribution in [-0.4, -0.2) is 15.9 Å². The van der Waals surface area contributed by atoms with Gasteiger partial charge < -0.3 is 9.72 Å². The number of carbonyl (C=O) groups excluding carboxylic acids is 1. The number of fused-ring (bicyclic) bond motifs is 1. The number of nitrogens with one attached hydrogen (secondary N) is 1. The maximum Gasteiger partial charge on any atom is 0.336 e. The van der Waals surface area contributed by atoms with Crippen LogP contribution < -0.4 is 4.74 Å². The van der Waals surface area contributed by atoms with Crippen molar-refractivity contribution in [3.8, 4) is 5.75 Å². The summed E-state index contributed by atoms with van der Waals surface area (Å²) >= 11 is 5.80. The molecule has 3 aromatic rings. The molecule has 0 fully saturated rings. The standard InChI is InChI=1S/C16H11ClN2O2/c17-12-4-1-11(2-5-12)3-8-16(20)21-13-6-7-14-15(9-13)19-10-18-14/h1-10H,(H,18,19)/b8-3+. The highest BCUT2D eigenvalue weighted by atomic mass is 35.5. The first-order valence-electron chi connectivity index (χ1n) is 6.29. The lowest BCUT2D eigenvalue weighted by atomic mass is 10.2. The van der Waals surface area contributed by atoms with Crippen LogP contribution in [0.5, 0.6) is 5.75 Å². The highest BCUT2D eigenvalue weighted by molar-refractivity contribution is 6.30. The minimum Gasteiger partial charge on any atom is -0.423 e. The van der Waals surface area contributed by atoms with Gasteiger partial charge in [0.05, 0.1) is 17.4 Å². The van der Waals surface area contributed by atoms with Gasteiger partial charge in [-0.05, 0) is 35.9 Å². The van der Waals surface area contributed by atoms with E-state index in [9.17, 15) is 4.79 Å². The van der Waals surface area contributed by atoms with Gasteiger partial charge in [0, 0.05) is 17.2 Å². The Labute approximate surface area is 126 Å². The number of aromatic nitrogens is 2. The zero-order valence-corrected chi connectivity index (χ0v) is 11.7. The number of ether oxygens (including phenoxy) is 1. The Hall–Kier alpha value is -2.59. The number of benzene rings is 2. The van der Waals surface area contributed by atoms with Crippen LogP contribution in [0.25, 0.3) is 17.1 Å². The second kappa shape index (κ2) is 5.81. The second-order valence-corrected chi connectivity index (χ2v) is 4.82. The minimum absolute atomic E-state index is 0.441. The van der Waals surface area contributed by atoms with Crippen LogP contribution >= 0.6 is 11.6 Å². The van der Waals surface area contributed by atoms with Crippen LogP contribution in [-0.2, 0) is 4.79 Å². The van der Waals surface area contributed by atoms with E-state index in [4.69, 9.17) is 16.3 Å². The Bertz CT molecular complexity index is 807. The number of aromatic amines is 1. The summed E-state index contributed by atoms with van der Waals surface area (Å²) in [6.45, 7) is 0. The van der Waals surface area contributed by atoms with E-state index in [1.807, 2.05) is 12.1 Å². The number of esters is 1. The third-order valence-electron chi connectivity index (χ3n) is 2.89. The summed E-state index contributed by atoms with van der Waals surface area (Å²) in [7, 11) is 0. The number of hydrogen-bond acceptors (Lipinski definition) is 3. The molecule has 5 heteroatoms. The fourth-order valence-corrected chi connectivity index (χ4v) is 1.99. The van der Waals surface area contributed by atoms with E-state index in [1.54, 1.807) is 42.7 Å². The molecular weight excluding hydrogens is 288 g/mol. The SMILES string of the molecule is O=C(/C=C/c1ccc(Cl)cc1)Oc1ccc2nc[nH]c2c1. The lowest BCUT2D eigenvalue weighted by Gasteiger charge is -2.01. The molecule has 1 aromatic heterocycles. The van der Waals surface area contributed by atoms with Crippen molar-refractivity contribution >= 4 is 34.7 Å². The van der Waals surface area contributed by atoms with Crippen molar-refractivity contribution in [3.05, 3.63) is 65.5 Å². The normalized spacial score (nSPS) is 11.1.